The molecule has 0 aliphatic rings. The summed E-state index contributed by atoms with van der Waals surface area (Å²) >= 11 is 4.99. The summed E-state index contributed by atoms with van der Waals surface area (Å²) in [4.78, 5) is 31.5. The Kier molecular flexibility index (Phi) is 6.09. The first-order valence-electron chi connectivity index (χ1n) is 5.27. The van der Waals surface area contributed by atoms with Crippen LogP contribution in [0.2, 0.25) is 0 Å². The van der Waals surface area contributed by atoms with Crippen molar-refractivity contribution in [3.05, 3.63) is 0 Å². The normalized spacial score (nSPS) is 12.4. The molecule has 0 amide bonds. The Labute approximate surface area is 106 Å². The van der Waals surface area contributed by atoms with Crippen LogP contribution in [0.15, 0.2) is 0 Å². The van der Waals surface area contributed by atoms with E-state index < -0.39 is 22.4 Å². The van der Waals surface area contributed by atoms with Crippen LogP contribution < -0.4 is 0 Å². The quantitative estimate of drug-likeness (QED) is 0.184. The molecule has 0 bridgehead atoms. The summed E-state index contributed by atoms with van der Waals surface area (Å²) in [6.07, 6.45) is 0.388. The van der Waals surface area contributed by atoms with Gasteiger partial charge in [0, 0.05) is 6.42 Å². The van der Waals surface area contributed by atoms with Gasteiger partial charge in [-0.15, -0.1) is 0 Å². The number of hydrogen-bond donors (Lipinski definition) is 0. The van der Waals surface area contributed by atoms with Gasteiger partial charge in [0.25, 0.3) is 0 Å². The molecule has 0 saturated heterocycles. The van der Waals surface area contributed by atoms with E-state index in [1.165, 1.54) is 0 Å². The van der Waals surface area contributed by atoms with Crippen LogP contribution in [-0.4, -0.2) is 29.0 Å². The van der Waals surface area contributed by atoms with Crippen LogP contribution in [0.1, 0.15) is 41.0 Å². The van der Waals surface area contributed by atoms with Gasteiger partial charge in [-0.2, -0.15) is 0 Å². The van der Waals surface area contributed by atoms with E-state index in [0.717, 1.165) is 0 Å². The molecule has 0 radical (unpaired) electrons. The van der Waals surface area contributed by atoms with Crippen molar-refractivity contribution < 1.29 is 24.1 Å². The zero-order valence-electron chi connectivity index (χ0n) is 10.8. The van der Waals surface area contributed by atoms with Crippen LogP contribution in [0.5, 0.6) is 0 Å². The monoisotopic (exact) mass is 266 g/mol. The molecule has 0 aromatic carbocycles. The minimum Gasteiger partial charge on any atom is -0.453 e. The van der Waals surface area contributed by atoms with Crippen LogP contribution in [0.3, 0.4) is 0 Å². The molecule has 6 heteroatoms. The third-order valence-electron chi connectivity index (χ3n) is 1.63. The maximum atomic E-state index is 11.0. The molecule has 0 rings (SSSR count). The van der Waals surface area contributed by atoms with Crippen LogP contribution in [0.25, 0.3) is 0 Å². The number of carbonyl (C=O) groups is 2. The summed E-state index contributed by atoms with van der Waals surface area (Å²) < 4.78 is 4.88. The van der Waals surface area contributed by atoms with E-state index in [0.29, 0.717) is 6.42 Å². The predicted octanol–water partition coefficient (Wildman–Crippen LogP) is 2.21. The summed E-state index contributed by atoms with van der Waals surface area (Å²) in [5.41, 5.74) is -1.23. The number of hydrogen-bond acceptors (Lipinski definition) is 5. The minimum atomic E-state index is -1.13. The van der Waals surface area contributed by atoms with Gasteiger partial charge < -0.3 is 4.74 Å². The minimum absolute atomic E-state index is 0.244. The highest BCUT2D eigenvalue weighted by Gasteiger charge is 2.26. The predicted molar refractivity (Wildman–Crippen MR) is 62.4 cm³/mol. The molecule has 0 spiro atoms. The van der Waals surface area contributed by atoms with Crippen LogP contribution in [0.4, 0.5) is 0 Å². The fourth-order valence-electron chi connectivity index (χ4n) is 0.848. The largest absolute Gasteiger partial charge is 0.453 e. The van der Waals surface area contributed by atoms with Gasteiger partial charge >= 0.3 is 11.2 Å². The topological polar surface area (TPSA) is 61.8 Å². The third-order valence-corrected chi connectivity index (χ3v) is 1.78. The van der Waals surface area contributed by atoms with Crippen LogP contribution in [0, 0.1) is 0 Å². The van der Waals surface area contributed by atoms with Crippen molar-refractivity contribution >= 4 is 22.8 Å². The second-order valence-corrected chi connectivity index (χ2v) is 5.53. The highest BCUT2D eigenvalue weighted by Crippen LogP contribution is 2.16. The van der Waals surface area contributed by atoms with Crippen molar-refractivity contribution in [1.29, 1.82) is 0 Å². The summed E-state index contributed by atoms with van der Waals surface area (Å²) in [5, 5.41) is -1.13. The fourth-order valence-corrected chi connectivity index (χ4v) is 0.887. The lowest BCUT2D eigenvalue weighted by Gasteiger charge is -2.25. The number of halogens is 1. The summed E-state index contributed by atoms with van der Waals surface area (Å²) in [6.45, 7) is 9.11. The van der Waals surface area contributed by atoms with Gasteiger partial charge in [0.1, 0.15) is 5.60 Å². The number of esters is 1. The van der Waals surface area contributed by atoms with E-state index in [1.807, 2.05) is 20.8 Å². The number of carbonyl (C=O) groups excluding carboxylic acids is 2. The molecular formula is C11H19ClO5. The maximum Gasteiger partial charge on any atom is 0.391 e. The Morgan fingerprint density at radius 3 is 2.06 bits per heavy atom. The van der Waals surface area contributed by atoms with Crippen molar-refractivity contribution in [3.8, 4) is 0 Å². The lowest BCUT2D eigenvalue weighted by Crippen LogP contribution is -2.32. The Balaban J connectivity index is 3.94. The lowest BCUT2D eigenvalue weighted by atomic mass is 10.1. The van der Waals surface area contributed by atoms with Gasteiger partial charge in [-0.3, -0.25) is 4.79 Å². The van der Waals surface area contributed by atoms with Crippen LogP contribution >= 0.6 is 11.6 Å². The molecule has 0 aromatic rings. The Morgan fingerprint density at radius 1 is 1.12 bits per heavy atom. The molecule has 0 heterocycles. The van der Waals surface area contributed by atoms with Crippen molar-refractivity contribution in [2.24, 2.45) is 0 Å². The number of rotatable bonds is 6. The molecule has 0 saturated carbocycles. The van der Waals surface area contributed by atoms with Gasteiger partial charge in [0.05, 0.1) is 12.2 Å². The van der Waals surface area contributed by atoms with Crippen LogP contribution in [-0.2, 0) is 24.1 Å². The van der Waals surface area contributed by atoms with Crippen molar-refractivity contribution in [1.82, 2.24) is 0 Å². The molecule has 0 aliphatic heterocycles. The lowest BCUT2D eigenvalue weighted by molar-refractivity contribution is -0.351. The zero-order valence-corrected chi connectivity index (χ0v) is 11.6. The average molecular weight is 267 g/mol. The van der Waals surface area contributed by atoms with Gasteiger partial charge in [-0.25, -0.2) is 14.6 Å². The third kappa shape index (κ3) is 9.09. The highest BCUT2D eigenvalue weighted by atomic mass is 35.5. The molecule has 0 N–H and O–H groups in total. The molecule has 0 atom stereocenters. The Bertz CT molecular complexity index is 280. The summed E-state index contributed by atoms with van der Waals surface area (Å²) in [7, 11) is 0. The SMILES string of the molecule is CC(C)(C)OOCCC(C)(C)OC(=O)C(=O)Cl. The zero-order chi connectivity index (χ0) is 13.7. The molecule has 0 fully saturated rings. The highest BCUT2D eigenvalue weighted by molar-refractivity contribution is 6.80. The van der Waals surface area contributed by atoms with Gasteiger partial charge in [-0.05, 0) is 46.2 Å². The average Bonchev–Trinajstić information content (AvgIpc) is 2.10. The standard InChI is InChI=1S/C11H19ClO5/c1-10(2,3)17-15-7-6-11(4,5)16-9(14)8(12)13/h6-7H2,1-5H3. The smallest absolute Gasteiger partial charge is 0.391 e. The fraction of sp³-hybridized carbons (Fsp3) is 0.818. The molecule has 17 heavy (non-hydrogen) atoms. The number of ether oxygens (including phenoxy) is 1. The summed E-state index contributed by atoms with van der Waals surface area (Å²) in [6, 6.07) is 0. The molecule has 100 valence electrons. The molecule has 0 aliphatic carbocycles. The van der Waals surface area contributed by atoms with E-state index >= 15 is 0 Å². The second kappa shape index (κ2) is 6.33. The van der Waals surface area contributed by atoms with E-state index in [-0.39, 0.29) is 6.61 Å². The van der Waals surface area contributed by atoms with Gasteiger partial charge in [-0.1, -0.05) is 0 Å². The molecule has 0 aromatic heterocycles. The Hall–Kier alpha value is -0.650. The maximum absolute atomic E-state index is 11.0. The molecule has 5 nitrogen and oxygen atoms in total. The van der Waals surface area contributed by atoms with E-state index in [1.54, 1.807) is 13.8 Å². The van der Waals surface area contributed by atoms with Gasteiger partial charge in [0.2, 0.25) is 0 Å². The van der Waals surface area contributed by atoms with E-state index in [9.17, 15) is 9.59 Å². The molecular weight excluding hydrogens is 248 g/mol. The first-order chi connectivity index (χ1) is 7.53. The molecule has 0 unspecified atom stereocenters. The first kappa shape index (κ1) is 16.4. The van der Waals surface area contributed by atoms with E-state index in [4.69, 9.17) is 26.1 Å². The van der Waals surface area contributed by atoms with Crippen molar-refractivity contribution in [3.63, 3.8) is 0 Å². The summed E-state index contributed by atoms with van der Waals surface area (Å²) in [5.74, 6) is -1.06. The van der Waals surface area contributed by atoms with Gasteiger partial charge in [0.15, 0.2) is 0 Å². The van der Waals surface area contributed by atoms with Crippen molar-refractivity contribution in [2.75, 3.05) is 6.61 Å². The first-order valence-corrected chi connectivity index (χ1v) is 5.65. The van der Waals surface area contributed by atoms with E-state index in [2.05, 4.69) is 0 Å². The Morgan fingerprint density at radius 2 is 1.65 bits per heavy atom. The second-order valence-electron chi connectivity index (χ2n) is 5.19. The van der Waals surface area contributed by atoms with Crippen molar-refractivity contribution in [2.45, 2.75) is 52.2 Å².